The minimum Gasteiger partial charge on any atom is -0.464 e. The Morgan fingerprint density at radius 2 is 2.47 bits per heavy atom. The average molecular weight is 238 g/mol. The highest BCUT2D eigenvalue weighted by Crippen LogP contribution is 2.19. The van der Waals surface area contributed by atoms with Gasteiger partial charge < -0.3 is 15.6 Å². The molecule has 1 heterocycles. The van der Waals surface area contributed by atoms with Gasteiger partial charge in [0, 0.05) is 31.3 Å². The van der Waals surface area contributed by atoms with E-state index < -0.39 is 11.6 Å². The largest absolute Gasteiger partial charge is 0.464 e. The first-order chi connectivity index (χ1) is 8.12. The molecule has 0 amide bonds. The van der Waals surface area contributed by atoms with E-state index in [-0.39, 0.29) is 19.6 Å². The predicted octanol–water partition coefficient (Wildman–Crippen LogP) is 0.544. The van der Waals surface area contributed by atoms with E-state index in [1.807, 2.05) is 12.2 Å². The molecule has 0 aromatic carbocycles. The van der Waals surface area contributed by atoms with E-state index in [0.29, 0.717) is 5.70 Å². The van der Waals surface area contributed by atoms with Gasteiger partial charge in [0.2, 0.25) is 0 Å². The monoisotopic (exact) mass is 238 g/mol. The highest BCUT2D eigenvalue weighted by molar-refractivity contribution is 5.80. The first-order valence-electron chi connectivity index (χ1n) is 5.60. The van der Waals surface area contributed by atoms with Crippen LogP contribution in [0.4, 0.5) is 0 Å². The number of allylic oxidation sites excluding steroid dienone is 3. The number of aliphatic hydroxyl groups is 1. The number of nitrogens with zero attached hydrogens (tertiary/aromatic N) is 1. The lowest BCUT2D eigenvalue weighted by Gasteiger charge is -2.23. The van der Waals surface area contributed by atoms with Crippen LogP contribution in [0.5, 0.6) is 0 Å². The lowest BCUT2D eigenvalue weighted by atomic mass is 9.98. The molecule has 17 heavy (non-hydrogen) atoms. The molecule has 0 fully saturated rings. The van der Waals surface area contributed by atoms with Crippen LogP contribution in [0.25, 0.3) is 0 Å². The van der Waals surface area contributed by atoms with E-state index in [1.165, 1.54) is 0 Å². The van der Waals surface area contributed by atoms with Crippen LogP contribution < -0.4 is 5.73 Å². The van der Waals surface area contributed by atoms with Gasteiger partial charge in [-0.05, 0) is 13.0 Å². The maximum absolute atomic E-state index is 11.6. The molecule has 1 aliphatic heterocycles. The van der Waals surface area contributed by atoms with Crippen molar-refractivity contribution in [3.05, 3.63) is 23.9 Å². The Kier molecular flexibility index (Phi) is 5.06. The van der Waals surface area contributed by atoms with Gasteiger partial charge in [0.05, 0.1) is 6.61 Å². The lowest BCUT2D eigenvalue weighted by Crippen LogP contribution is -2.47. The van der Waals surface area contributed by atoms with E-state index in [1.54, 1.807) is 19.2 Å². The van der Waals surface area contributed by atoms with Crippen molar-refractivity contribution >= 4 is 12.2 Å². The third-order valence-corrected chi connectivity index (χ3v) is 2.39. The SMILES string of the molecule is CCOC(=O)C(O)(CN)CC1=CC=CCC=N1. The smallest absolute Gasteiger partial charge is 0.339 e. The van der Waals surface area contributed by atoms with Gasteiger partial charge in [0.1, 0.15) is 0 Å². The molecule has 0 bridgehead atoms. The summed E-state index contributed by atoms with van der Waals surface area (Å²) in [7, 11) is 0. The van der Waals surface area contributed by atoms with Crippen molar-refractivity contribution in [2.75, 3.05) is 13.2 Å². The molecule has 3 N–H and O–H groups in total. The fourth-order valence-corrected chi connectivity index (χ4v) is 1.43. The van der Waals surface area contributed by atoms with E-state index >= 15 is 0 Å². The molecule has 5 heteroatoms. The first kappa shape index (κ1) is 13.6. The standard InChI is InChI=1S/C12H18N2O3/c1-2-17-11(15)12(16,9-13)8-10-6-4-3-5-7-14-10/h3-4,6-7,16H,2,5,8-9,13H2,1H3. The van der Waals surface area contributed by atoms with Gasteiger partial charge in [-0.3, -0.25) is 4.99 Å². The van der Waals surface area contributed by atoms with Crippen LogP contribution in [0.3, 0.4) is 0 Å². The summed E-state index contributed by atoms with van der Waals surface area (Å²) in [5.74, 6) is -0.702. The lowest BCUT2D eigenvalue weighted by molar-refractivity contribution is -0.163. The van der Waals surface area contributed by atoms with Gasteiger partial charge in [-0.1, -0.05) is 12.2 Å². The predicted molar refractivity (Wildman–Crippen MR) is 65.6 cm³/mol. The van der Waals surface area contributed by atoms with Crippen LogP contribution in [0.1, 0.15) is 19.8 Å². The fraction of sp³-hybridized carbons (Fsp3) is 0.500. The molecule has 0 aromatic heterocycles. The maximum Gasteiger partial charge on any atom is 0.339 e. The summed E-state index contributed by atoms with van der Waals surface area (Å²) in [6, 6.07) is 0. The van der Waals surface area contributed by atoms with Crippen LogP contribution in [0, 0.1) is 0 Å². The van der Waals surface area contributed by atoms with Crippen LogP contribution >= 0.6 is 0 Å². The second-order valence-electron chi connectivity index (χ2n) is 3.77. The number of hydrogen-bond acceptors (Lipinski definition) is 5. The Labute approximate surface area is 101 Å². The summed E-state index contributed by atoms with van der Waals surface area (Å²) in [5.41, 5.74) is 4.36. The van der Waals surface area contributed by atoms with E-state index in [0.717, 1.165) is 6.42 Å². The van der Waals surface area contributed by atoms with Crippen molar-refractivity contribution in [1.82, 2.24) is 0 Å². The molecule has 1 unspecified atom stereocenters. The number of carbonyl (C=O) groups excluding carboxylic acids is 1. The zero-order chi connectivity index (χ0) is 12.7. The number of hydrogen-bond donors (Lipinski definition) is 2. The minimum atomic E-state index is -1.70. The average Bonchev–Trinajstić information content (AvgIpc) is 2.57. The molecular formula is C12H18N2O3. The van der Waals surface area contributed by atoms with E-state index in [9.17, 15) is 9.90 Å². The van der Waals surface area contributed by atoms with Crippen molar-refractivity contribution in [2.24, 2.45) is 10.7 Å². The first-order valence-corrected chi connectivity index (χ1v) is 5.60. The number of aliphatic imine (C=N–C) groups is 1. The molecular weight excluding hydrogens is 220 g/mol. The Balaban J connectivity index is 2.77. The van der Waals surface area contributed by atoms with Gasteiger partial charge in [0.25, 0.3) is 0 Å². The van der Waals surface area contributed by atoms with Crippen molar-refractivity contribution in [1.29, 1.82) is 0 Å². The second kappa shape index (κ2) is 6.32. The number of ether oxygens (including phenoxy) is 1. The quantitative estimate of drug-likeness (QED) is 0.685. The van der Waals surface area contributed by atoms with Gasteiger partial charge in [-0.2, -0.15) is 0 Å². The Morgan fingerprint density at radius 3 is 3.12 bits per heavy atom. The molecule has 0 aliphatic carbocycles. The number of esters is 1. The summed E-state index contributed by atoms with van der Waals surface area (Å²) < 4.78 is 4.80. The summed E-state index contributed by atoms with van der Waals surface area (Å²) in [6.07, 6.45) is 8.04. The summed E-state index contributed by atoms with van der Waals surface area (Å²) in [4.78, 5) is 15.8. The molecule has 5 nitrogen and oxygen atoms in total. The van der Waals surface area contributed by atoms with Crippen LogP contribution in [-0.4, -0.2) is 36.0 Å². The van der Waals surface area contributed by atoms with Gasteiger partial charge >= 0.3 is 5.97 Å². The third-order valence-electron chi connectivity index (χ3n) is 2.39. The molecule has 1 aliphatic rings. The number of carbonyl (C=O) groups is 1. The van der Waals surface area contributed by atoms with Crippen LogP contribution in [-0.2, 0) is 9.53 Å². The number of rotatable bonds is 5. The molecule has 94 valence electrons. The highest BCUT2D eigenvalue weighted by Gasteiger charge is 2.37. The third kappa shape index (κ3) is 3.80. The second-order valence-corrected chi connectivity index (χ2v) is 3.77. The molecule has 0 saturated carbocycles. The molecule has 0 radical (unpaired) electrons. The zero-order valence-electron chi connectivity index (χ0n) is 9.93. The zero-order valence-corrected chi connectivity index (χ0v) is 9.93. The number of nitrogens with two attached hydrogens (primary N) is 1. The summed E-state index contributed by atoms with van der Waals surface area (Å²) in [6.45, 7) is 1.70. The van der Waals surface area contributed by atoms with Crippen molar-refractivity contribution in [2.45, 2.75) is 25.4 Å². The van der Waals surface area contributed by atoms with Crippen molar-refractivity contribution < 1.29 is 14.6 Å². The topological polar surface area (TPSA) is 84.9 Å². The van der Waals surface area contributed by atoms with Crippen molar-refractivity contribution in [3.8, 4) is 0 Å². The highest BCUT2D eigenvalue weighted by atomic mass is 16.5. The fourth-order valence-electron chi connectivity index (χ4n) is 1.43. The maximum atomic E-state index is 11.6. The Hall–Kier alpha value is -1.46. The van der Waals surface area contributed by atoms with Gasteiger partial charge in [-0.15, -0.1) is 0 Å². The normalized spacial score (nSPS) is 18.2. The van der Waals surface area contributed by atoms with E-state index in [2.05, 4.69) is 4.99 Å². The summed E-state index contributed by atoms with van der Waals surface area (Å²) >= 11 is 0. The van der Waals surface area contributed by atoms with Gasteiger partial charge in [-0.25, -0.2) is 4.79 Å². The van der Waals surface area contributed by atoms with Crippen LogP contribution in [0.15, 0.2) is 28.9 Å². The Morgan fingerprint density at radius 1 is 1.71 bits per heavy atom. The molecule has 0 spiro atoms. The molecule has 1 atom stereocenters. The van der Waals surface area contributed by atoms with E-state index in [4.69, 9.17) is 10.5 Å². The minimum absolute atomic E-state index is 0.0587. The van der Waals surface area contributed by atoms with Crippen LogP contribution in [0.2, 0.25) is 0 Å². The molecule has 1 rings (SSSR count). The summed E-state index contributed by atoms with van der Waals surface area (Å²) in [5, 5.41) is 10.1. The molecule has 0 saturated heterocycles. The van der Waals surface area contributed by atoms with Crippen molar-refractivity contribution in [3.63, 3.8) is 0 Å². The van der Waals surface area contributed by atoms with Gasteiger partial charge in [0.15, 0.2) is 5.60 Å². The Bertz CT molecular complexity index is 361. The molecule has 0 aromatic rings.